The Morgan fingerprint density at radius 3 is 2.64 bits per heavy atom. The lowest BCUT2D eigenvalue weighted by molar-refractivity contribution is 0.160. The van der Waals surface area contributed by atoms with Crippen molar-refractivity contribution in [2.75, 3.05) is 20.1 Å². The molecule has 1 aliphatic heterocycles. The molecule has 1 heterocycles. The van der Waals surface area contributed by atoms with E-state index in [0.717, 1.165) is 12.0 Å². The molecule has 0 bridgehead atoms. The molecule has 0 aromatic rings. The summed E-state index contributed by atoms with van der Waals surface area (Å²) in [5.41, 5.74) is 0. The van der Waals surface area contributed by atoms with Crippen molar-refractivity contribution in [2.24, 2.45) is 5.92 Å². The van der Waals surface area contributed by atoms with Gasteiger partial charge in [0, 0.05) is 18.6 Å². The van der Waals surface area contributed by atoms with E-state index in [-0.39, 0.29) is 0 Å². The molecule has 0 spiro atoms. The van der Waals surface area contributed by atoms with Crippen LogP contribution < -0.4 is 5.32 Å². The Balaban J connectivity index is 2.45. The maximum absolute atomic E-state index is 3.43. The number of nitrogens with one attached hydrogen (secondary N) is 1. The molecule has 0 radical (unpaired) electrons. The van der Waals surface area contributed by atoms with E-state index >= 15 is 0 Å². The summed E-state index contributed by atoms with van der Waals surface area (Å²) in [5, 5.41) is 3.43. The maximum atomic E-state index is 3.43. The van der Waals surface area contributed by atoms with E-state index in [0.29, 0.717) is 6.04 Å². The number of hydrogen-bond acceptors (Lipinski definition) is 2. The van der Waals surface area contributed by atoms with Crippen LogP contribution in [0.2, 0.25) is 0 Å². The molecule has 2 unspecified atom stereocenters. The minimum atomic E-state index is 0.712. The lowest BCUT2D eigenvalue weighted by Crippen LogP contribution is -2.40. The highest BCUT2D eigenvalue weighted by Gasteiger charge is 2.19. The van der Waals surface area contributed by atoms with Gasteiger partial charge in [0.2, 0.25) is 0 Å². The average Bonchev–Trinajstić information content (AvgIpc) is 2.10. The minimum Gasteiger partial charge on any atom is -0.317 e. The van der Waals surface area contributed by atoms with Crippen molar-refractivity contribution < 1.29 is 0 Å². The zero-order valence-electron chi connectivity index (χ0n) is 10.2. The summed E-state index contributed by atoms with van der Waals surface area (Å²) in [5.74, 6) is 0.829. The fourth-order valence-corrected chi connectivity index (χ4v) is 2.44. The Kier molecular flexibility index (Phi) is 4.90. The Morgan fingerprint density at radius 2 is 2.07 bits per heavy atom. The van der Waals surface area contributed by atoms with Crippen molar-refractivity contribution in [3.63, 3.8) is 0 Å². The molecular formula is C12H26N2. The van der Waals surface area contributed by atoms with E-state index in [1.807, 2.05) is 0 Å². The summed E-state index contributed by atoms with van der Waals surface area (Å²) >= 11 is 0. The second-order valence-corrected chi connectivity index (χ2v) is 5.06. The Morgan fingerprint density at radius 1 is 1.36 bits per heavy atom. The van der Waals surface area contributed by atoms with E-state index in [1.165, 1.54) is 32.4 Å². The van der Waals surface area contributed by atoms with Gasteiger partial charge < -0.3 is 10.2 Å². The van der Waals surface area contributed by atoms with Crippen molar-refractivity contribution in [3.8, 4) is 0 Å². The number of nitrogens with zero attached hydrogens (tertiary/aromatic N) is 1. The molecule has 1 fully saturated rings. The SMILES string of the molecule is CNC1CCCN(C(C)C)CC(C)C1. The molecule has 1 aliphatic rings. The molecule has 14 heavy (non-hydrogen) atoms. The van der Waals surface area contributed by atoms with E-state index in [9.17, 15) is 0 Å². The highest BCUT2D eigenvalue weighted by atomic mass is 15.1. The molecule has 84 valence electrons. The first-order chi connectivity index (χ1) is 6.63. The smallest absolute Gasteiger partial charge is 0.00675 e. The molecule has 0 aromatic heterocycles. The van der Waals surface area contributed by atoms with Crippen LogP contribution in [0.25, 0.3) is 0 Å². The van der Waals surface area contributed by atoms with Gasteiger partial charge in [-0.2, -0.15) is 0 Å². The molecule has 0 saturated carbocycles. The zero-order chi connectivity index (χ0) is 10.6. The molecule has 2 heteroatoms. The summed E-state index contributed by atoms with van der Waals surface area (Å²) in [6.07, 6.45) is 4.01. The third kappa shape index (κ3) is 3.58. The van der Waals surface area contributed by atoms with Crippen molar-refractivity contribution in [2.45, 2.75) is 52.1 Å². The molecule has 0 amide bonds. The second kappa shape index (κ2) is 5.72. The highest BCUT2D eigenvalue weighted by molar-refractivity contribution is 4.76. The lowest BCUT2D eigenvalue weighted by atomic mass is 9.95. The van der Waals surface area contributed by atoms with Crippen LogP contribution in [0.3, 0.4) is 0 Å². The van der Waals surface area contributed by atoms with E-state index < -0.39 is 0 Å². The normalized spacial score (nSPS) is 31.5. The van der Waals surface area contributed by atoms with Gasteiger partial charge in [0.15, 0.2) is 0 Å². The summed E-state index contributed by atoms with van der Waals surface area (Å²) < 4.78 is 0. The van der Waals surface area contributed by atoms with Crippen LogP contribution in [-0.4, -0.2) is 37.1 Å². The third-order valence-corrected chi connectivity index (χ3v) is 3.37. The van der Waals surface area contributed by atoms with E-state index in [1.54, 1.807) is 0 Å². The predicted molar refractivity (Wildman–Crippen MR) is 62.6 cm³/mol. The first-order valence-electron chi connectivity index (χ1n) is 6.04. The molecule has 1 saturated heterocycles. The van der Waals surface area contributed by atoms with Crippen LogP contribution in [0, 0.1) is 5.92 Å². The fraction of sp³-hybridized carbons (Fsp3) is 1.00. The highest BCUT2D eigenvalue weighted by Crippen LogP contribution is 2.17. The van der Waals surface area contributed by atoms with Crippen molar-refractivity contribution in [1.82, 2.24) is 10.2 Å². The van der Waals surface area contributed by atoms with Gasteiger partial charge in [-0.25, -0.2) is 0 Å². The molecule has 0 aromatic carbocycles. The molecule has 0 aliphatic carbocycles. The fourth-order valence-electron chi connectivity index (χ4n) is 2.44. The summed E-state index contributed by atoms with van der Waals surface area (Å²) in [6.45, 7) is 9.55. The van der Waals surface area contributed by atoms with Crippen LogP contribution in [0.1, 0.15) is 40.0 Å². The topological polar surface area (TPSA) is 15.3 Å². The van der Waals surface area contributed by atoms with Gasteiger partial charge in [-0.05, 0) is 52.6 Å². The number of hydrogen-bond donors (Lipinski definition) is 1. The van der Waals surface area contributed by atoms with Crippen molar-refractivity contribution in [3.05, 3.63) is 0 Å². The minimum absolute atomic E-state index is 0.712. The van der Waals surface area contributed by atoms with Crippen molar-refractivity contribution >= 4 is 0 Å². The summed E-state index contributed by atoms with van der Waals surface area (Å²) in [7, 11) is 2.10. The van der Waals surface area contributed by atoms with Crippen LogP contribution in [0.15, 0.2) is 0 Å². The zero-order valence-corrected chi connectivity index (χ0v) is 10.2. The van der Waals surface area contributed by atoms with Crippen LogP contribution in [-0.2, 0) is 0 Å². The Labute approximate surface area is 89.1 Å². The van der Waals surface area contributed by atoms with Crippen molar-refractivity contribution in [1.29, 1.82) is 0 Å². The van der Waals surface area contributed by atoms with Gasteiger partial charge in [-0.15, -0.1) is 0 Å². The molecular weight excluding hydrogens is 172 g/mol. The Hall–Kier alpha value is -0.0800. The summed E-state index contributed by atoms with van der Waals surface area (Å²) in [6, 6.07) is 1.46. The largest absolute Gasteiger partial charge is 0.317 e. The quantitative estimate of drug-likeness (QED) is 0.731. The maximum Gasteiger partial charge on any atom is 0.00675 e. The third-order valence-electron chi connectivity index (χ3n) is 3.37. The van der Waals surface area contributed by atoms with E-state index in [4.69, 9.17) is 0 Å². The Bertz CT molecular complexity index is 156. The monoisotopic (exact) mass is 198 g/mol. The van der Waals surface area contributed by atoms with Crippen LogP contribution in [0.5, 0.6) is 0 Å². The van der Waals surface area contributed by atoms with Crippen LogP contribution in [0.4, 0.5) is 0 Å². The number of likely N-dealkylation sites (tertiary alicyclic amines) is 1. The van der Waals surface area contributed by atoms with Gasteiger partial charge in [-0.1, -0.05) is 6.92 Å². The second-order valence-electron chi connectivity index (χ2n) is 5.06. The molecule has 2 atom stereocenters. The average molecular weight is 198 g/mol. The standard InChI is InChI=1S/C12H26N2/c1-10(2)14-7-5-6-12(13-4)8-11(3)9-14/h10-13H,5-9H2,1-4H3. The van der Waals surface area contributed by atoms with Gasteiger partial charge in [-0.3, -0.25) is 0 Å². The van der Waals surface area contributed by atoms with Crippen LogP contribution >= 0.6 is 0 Å². The summed E-state index contributed by atoms with van der Waals surface area (Å²) in [4.78, 5) is 2.62. The van der Waals surface area contributed by atoms with Gasteiger partial charge in [0.1, 0.15) is 0 Å². The van der Waals surface area contributed by atoms with Gasteiger partial charge in [0.25, 0.3) is 0 Å². The van der Waals surface area contributed by atoms with Gasteiger partial charge >= 0.3 is 0 Å². The first kappa shape index (κ1) is 12.0. The molecule has 2 nitrogen and oxygen atoms in total. The lowest BCUT2D eigenvalue weighted by Gasteiger charge is -2.34. The molecule has 1 N–H and O–H groups in total. The van der Waals surface area contributed by atoms with Gasteiger partial charge in [0.05, 0.1) is 0 Å². The van der Waals surface area contributed by atoms with E-state index in [2.05, 4.69) is 38.0 Å². The first-order valence-corrected chi connectivity index (χ1v) is 6.04. The predicted octanol–water partition coefficient (Wildman–Crippen LogP) is 2.10. The number of rotatable bonds is 2. The molecule has 1 rings (SSSR count).